The van der Waals surface area contributed by atoms with Crippen LogP contribution in [0.3, 0.4) is 0 Å². The minimum Gasteiger partial charge on any atom is -0.203 e. The lowest BCUT2D eigenvalue weighted by Gasteiger charge is -2.11. The van der Waals surface area contributed by atoms with Gasteiger partial charge >= 0.3 is 0 Å². The molecule has 0 atom stereocenters. The molecule has 1 aromatic rings. The SMILES string of the molecule is Fc1c(Br)ccc2c1N(F)N(Br)S2. The standard InChI is InChI=1S/C6H2Br2F2N2S/c7-3-1-2-4-6(5(3)9)11(10)12(8)13-4/h1-2H. The summed E-state index contributed by atoms with van der Waals surface area (Å²) >= 11 is 6.96. The maximum atomic E-state index is 13.3. The predicted octanol–water partition coefficient (Wildman–Crippen LogP) is 3.83. The van der Waals surface area contributed by atoms with Crippen LogP contribution in [0.5, 0.6) is 0 Å². The summed E-state index contributed by atoms with van der Waals surface area (Å²) in [6.07, 6.45) is 0. The van der Waals surface area contributed by atoms with Gasteiger partial charge in [0, 0.05) is 0 Å². The smallest absolute Gasteiger partial charge is 0.166 e. The van der Waals surface area contributed by atoms with Crippen molar-refractivity contribution in [2.45, 2.75) is 4.90 Å². The fraction of sp³-hybridized carbons (Fsp3) is 0. The van der Waals surface area contributed by atoms with Crippen LogP contribution in [0.4, 0.5) is 14.6 Å². The lowest BCUT2D eigenvalue weighted by Crippen LogP contribution is -2.17. The molecule has 2 nitrogen and oxygen atoms in total. The second kappa shape index (κ2) is 3.38. The molecule has 0 saturated heterocycles. The van der Waals surface area contributed by atoms with Crippen LogP contribution in [0, 0.1) is 5.82 Å². The zero-order valence-corrected chi connectivity index (χ0v) is 9.96. The van der Waals surface area contributed by atoms with E-state index in [4.69, 9.17) is 0 Å². The maximum Gasteiger partial charge on any atom is 0.166 e. The maximum absolute atomic E-state index is 13.3. The van der Waals surface area contributed by atoms with E-state index < -0.39 is 5.82 Å². The Hall–Kier alpha value is 0.150. The van der Waals surface area contributed by atoms with Gasteiger partial charge in [0.2, 0.25) is 0 Å². The van der Waals surface area contributed by atoms with Crippen molar-refractivity contribution < 1.29 is 8.87 Å². The molecule has 0 fully saturated rings. The number of nitrogens with zero attached hydrogens (tertiary/aromatic N) is 2. The summed E-state index contributed by atoms with van der Waals surface area (Å²) in [5.41, 5.74) is -0.0729. The minimum atomic E-state index is -0.602. The number of hydrazine groups is 1. The Kier molecular flexibility index (Phi) is 2.52. The van der Waals surface area contributed by atoms with E-state index in [1.54, 1.807) is 12.1 Å². The molecule has 1 aliphatic heterocycles. The van der Waals surface area contributed by atoms with Gasteiger partial charge in [-0.1, -0.05) is 7.92 Å². The highest BCUT2D eigenvalue weighted by molar-refractivity contribution is 9.10. The van der Waals surface area contributed by atoms with Gasteiger partial charge in [-0.05, 0) is 40.0 Å². The zero-order valence-electron chi connectivity index (χ0n) is 5.97. The molecule has 1 aliphatic rings. The third-order valence-electron chi connectivity index (χ3n) is 1.53. The first kappa shape index (κ1) is 9.70. The molecule has 0 bridgehead atoms. The molecule has 70 valence electrons. The van der Waals surface area contributed by atoms with E-state index in [9.17, 15) is 8.87 Å². The molecule has 1 aromatic carbocycles. The molecule has 0 amide bonds. The molecule has 0 radical (unpaired) electrons. The predicted molar refractivity (Wildman–Crippen MR) is 54.3 cm³/mol. The number of hydrogen-bond donors (Lipinski definition) is 0. The van der Waals surface area contributed by atoms with Gasteiger partial charge in [-0.25, -0.2) is 4.39 Å². The highest BCUT2D eigenvalue weighted by Crippen LogP contribution is 2.47. The Morgan fingerprint density at radius 2 is 2.08 bits per heavy atom. The molecule has 0 unspecified atom stereocenters. The van der Waals surface area contributed by atoms with Crippen LogP contribution in [-0.2, 0) is 0 Å². The van der Waals surface area contributed by atoms with Crippen molar-refractivity contribution in [3.05, 3.63) is 22.4 Å². The number of rotatable bonds is 0. The van der Waals surface area contributed by atoms with Crippen molar-refractivity contribution in [2.24, 2.45) is 0 Å². The average molecular weight is 332 g/mol. The molecule has 0 saturated carbocycles. The molecule has 0 N–H and O–H groups in total. The van der Waals surface area contributed by atoms with E-state index in [0.29, 0.717) is 4.90 Å². The topological polar surface area (TPSA) is 6.48 Å². The third kappa shape index (κ3) is 1.47. The number of halogens is 4. The number of hydrogen-bond acceptors (Lipinski definition) is 3. The summed E-state index contributed by atoms with van der Waals surface area (Å²) in [5.74, 6) is -0.602. The molecule has 0 spiro atoms. The summed E-state index contributed by atoms with van der Waals surface area (Å²) < 4.78 is 27.8. The molecule has 13 heavy (non-hydrogen) atoms. The molecule has 1 heterocycles. The minimum absolute atomic E-state index is 0.0729. The van der Waals surface area contributed by atoms with Gasteiger partial charge in [-0.15, -0.1) is 5.23 Å². The quantitative estimate of drug-likeness (QED) is 0.527. The lowest BCUT2D eigenvalue weighted by molar-refractivity contribution is 0.355. The Morgan fingerprint density at radius 3 is 2.77 bits per heavy atom. The highest BCUT2D eigenvalue weighted by atomic mass is 79.9. The van der Waals surface area contributed by atoms with Crippen molar-refractivity contribution in [3.8, 4) is 0 Å². The van der Waals surface area contributed by atoms with Crippen molar-refractivity contribution in [2.75, 3.05) is 5.23 Å². The van der Waals surface area contributed by atoms with Gasteiger partial charge < -0.3 is 0 Å². The molecule has 2 rings (SSSR count). The summed E-state index contributed by atoms with van der Waals surface area (Å²) in [5, 5.41) is 0.208. The summed E-state index contributed by atoms with van der Waals surface area (Å²) in [6, 6.07) is 3.18. The first-order valence-corrected chi connectivity index (χ1v) is 5.46. The molecule has 7 heteroatoms. The van der Waals surface area contributed by atoms with Gasteiger partial charge in [-0.3, -0.25) is 0 Å². The summed E-state index contributed by atoms with van der Waals surface area (Å²) in [6.45, 7) is 0. The van der Waals surface area contributed by atoms with Crippen LogP contribution >= 0.6 is 44.0 Å². The van der Waals surface area contributed by atoms with E-state index in [-0.39, 0.29) is 15.4 Å². The first-order valence-electron chi connectivity index (χ1n) is 3.19. The zero-order chi connectivity index (χ0) is 9.59. The Bertz CT molecular complexity index is 363. The van der Waals surface area contributed by atoms with Crippen LogP contribution in [0.15, 0.2) is 21.5 Å². The van der Waals surface area contributed by atoms with Crippen molar-refractivity contribution in [1.29, 1.82) is 0 Å². The van der Waals surface area contributed by atoms with Gasteiger partial charge in [0.05, 0.1) is 25.5 Å². The number of anilines is 1. The lowest BCUT2D eigenvalue weighted by atomic mass is 10.3. The second-order valence-electron chi connectivity index (χ2n) is 2.29. The van der Waals surface area contributed by atoms with Crippen LogP contribution in [-0.4, -0.2) is 3.44 Å². The average Bonchev–Trinajstić information content (AvgIpc) is 2.37. The highest BCUT2D eigenvalue weighted by Gasteiger charge is 2.31. The van der Waals surface area contributed by atoms with E-state index in [2.05, 4.69) is 32.1 Å². The Morgan fingerprint density at radius 1 is 1.38 bits per heavy atom. The second-order valence-corrected chi connectivity index (χ2v) is 5.25. The normalized spacial score (nSPS) is 16.5. The third-order valence-corrected chi connectivity index (χ3v) is 3.67. The fourth-order valence-corrected chi connectivity index (χ4v) is 2.61. The van der Waals surface area contributed by atoms with Crippen molar-refractivity contribution in [3.63, 3.8) is 0 Å². The first-order chi connectivity index (χ1) is 6.11. The molecule has 0 aliphatic carbocycles. The Labute approximate surface area is 94.4 Å². The monoisotopic (exact) mass is 330 g/mol. The number of benzene rings is 1. The van der Waals surface area contributed by atoms with Gasteiger partial charge in [0.25, 0.3) is 0 Å². The summed E-state index contributed by atoms with van der Waals surface area (Å²) in [4.78, 5) is 0.528. The molecular formula is C6H2Br2F2N2S. The van der Waals surface area contributed by atoms with Crippen molar-refractivity contribution >= 4 is 49.7 Å². The van der Waals surface area contributed by atoms with Gasteiger partial charge in [0.15, 0.2) is 5.82 Å². The molecule has 0 aromatic heterocycles. The molecular weight excluding hydrogens is 330 g/mol. The van der Waals surface area contributed by atoms with Gasteiger partial charge in [-0.2, -0.15) is 0 Å². The van der Waals surface area contributed by atoms with E-state index in [1.165, 1.54) is 0 Å². The van der Waals surface area contributed by atoms with Crippen LogP contribution in [0.2, 0.25) is 0 Å². The largest absolute Gasteiger partial charge is 0.203 e. The fourth-order valence-electron chi connectivity index (χ4n) is 0.963. The van der Waals surface area contributed by atoms with Crippen LogP contribution < -0.4 is 5.23 Å². The van der Waals surface area contributed by atoms with E-state index in [0.717, 1.165) is 15.4 Å². The number of fused-ring (bicyclic) bond motifs is 1. The summed E-state index contributed by atoms with van der Waals surface area (Å²) in [7, 11) is 0. The van der Waals surface area contributed by atoms with Crippen molar-refractivity contribution in [1.82, 2.24) is 3.44 Å². The van der Waals surface area contributed by atoms with E-state index in [1.807, 2.05) is 0 Å². The Balaban J connectivity index is 2.59. The van der Waals surface area contributed by atoms with Crippen LogP contribution in [0.25, 0.3) is 0 Å². The van der Waals surface area contributed by atoms with Crippen LogP contribution in [0.1, 0.15) is 0 Å². The van der Waals surface area contributed by atoms with Gasteiger partial charge in [0.1, 0.15) is 5.69 Å². The van der Waals surface area contributed by atoms with E-state index >= 15 is 0 Å².